The zero-order valence-corrected chi connectivity index (χ0v) is 6.02. The summed E-state index contributed by atoms with van der Waals surface area (Å²) in [5, 5.41) is 0. The van der Waals surface area contributed by atoms with Crippen molar-refractivity contribution in [1.29, 1.82) is 0 Å². The second kappa shape index (κ2) is 2.67. The normalized spacial score (nSPS) is 16.4. The zero-order chi connectivity index (χ0) is 6.69. The third-order valence-electron chi connectivity index (χ3n) is 1.44. The highest BCUT2D eigenvalue weighted by Gasteiger charge is 1.91. The lowest BCUT2D eigenvalue weighted by atomic mass is 10.1. The molecular weight excluding hydrogens is 108 g/mol. The first-order chi connectivity index (χ1) is 4.30. The minimum Gasteiger partial charge on any atom is -0.0801 e. The van der Waals surface area contributed by atoms with Crippen LogP contribution in [0.2, 0.25) is 0 Å². The lowest BCUT2D eigenvalue weighted by Gasteiger charge is -2.00. The Hall–Kier alpha value is -0.780. The molecule has 0 saturated heterocycles. The minimum absolute atomic E-state index is 1.09. The molecule has 0 saturated carbocycles. The van der Waals surface area contributed by atoms with Gasteiger partial charge in [0.2, 0.25) is 0 Å². The summed E-state index contributed by atoms with van der Waals surface area (Å²) in [5.41, 5.74) is 2.75. The van der Waals surface area contributed by atoms with Gasteiger partial charge < -0.3 is 0 Å². The smallest absolute Gasteiger partial charge is 0.0163 e. The monoisotopic (exact) mass is 120 g/mol. The molecule has 0 spiro atoms. The van der Waals surface area contributed by atoms with Crippen molar-refractivity contribution in [3.05, 3.63) is 35.5 Å². The van der Waals surface area contributed by atoms with Crippen LogP contribution in [0, 0.1) is 0 Å². The first-order valence-electron chi connectivity index (χ1n) is 3.31. The molecule has 0 fully saturated rings. The van der Waals surface area contributed by atoms with E-state index in [1.54, 1.807) is 0 Å². The maximum atomic E-state index is 2.18. The second-order valence-corrected chi connectivity index (χ2v) is 2.50. The Morgan fingerprint density at radius 2 is 1.78 bits per heavy atom. The Morgan fingerprint density at radius 1 is 1.22 bits per heavy atom. The maximum Gasteiger partial charge on any atom is -0.0163 e. The first-order valence-corrected chi connectivity index (χ1v) is 3.31. The first kappa shape index (κ1) is 6.34. The van der Waals surface area contributed by atoms with Crippen LogP contribution in [0.3, 0.4) is 0 Å². The van der Waals surface area contributed by atoms with Gasteiger partial charge >= 0.3 is 0 Å². The van der Waals surface area contributed by atoms with Crippen LogP contribution in [-0.4, -0.2) is 0 Å². The molecular formula is C9H12. The van der Waals surface area contributed by atoms with Gasteiger partial charge in [-0.3, -0.25) is 0 Å². The number of hydrogen-bond acceptors (Lipinski definition) is 0. The fourth-order valence-electron chi connectivity index (χ4n) is 0.857. The van der Waals surface area contributed by atoms with Crippen molar-refractivity contribution >= 4 is 0 Å². The molecule has 0 heterocycles. The second-order valence-electron chi connectivity index (χ2n) is 2.50. The van der Waals surface area contributed by atoms with Crippen LogP contribution in [0.5, 0.6) is 0 Å². The van der Waals surface area contributed by atoms with Crippen molar-refractivity contribution in [1.82, 2.24) is 0 Å². The van der Waals surface area contributed by atoms with Crippen molar-refractivity contribution in [2.75, 3.05) is 0 Å². The van der Waals surface area contributed by atoms with Crippen molar-refractivity contribution < 1.29 is 0 Å². The topological polar surface area (TPSA) is 0 Å². The highest BCUT2D eigenvalue weighted by molar-refractivity contribution is 5.37. The van der Waals surface area contributed by atoms with Crippen molar-refractivity contribution in [2.45, 2.75) is 20.3 Å². The molecule has 0 N–H and O–H groups in total. The third-order valence-corrected chi connectivity index (χ3v) is 1.44. The van der Waals surface area contributed by atoms with Gasteiger partial charge in [0.15, 0.2) is 0 Å². The van der Waals surface area contributed by atoms with Crippen LogP contribution in [0.4, 0.5) is 0 Å². The summed E-state index contributed by atoms with van der Waals surface area (Å²) in [6, 6.07) is 0. The van der Waals surface area contributed by atoms with Crippen molar-refractivity contribution in [2.24, 2.45) is 0 Å². The highest BCUT2D eigenvalue weighted by Crippen LogP contribution is 2.11. The molecule has 0 aromatic rings. The average molecular weight is 120 g/mol. The molecule has 0 bridgehead atoms. The minimum atomic E-state index is 1.09. The fraction of sp³-hybridized carbons (Fsp3) is 0.333. The standard InChI is InChI=1S/C9H12/c1-8(2)9-6-4-3-5-7-9/h4-7H,3H2,1-2H3. The Kier molecular flexibility index (Phi) is 1.88. The quantitative estimate of drug-likeness (QED) is 0.461. The van der Waals surface area contributed by atoms with E-state index in [0.29, 0.717) is 0 Å². The van der Waals surface area contributed by atoms with Gasteiger partial charge in [0, 0.05) is 0 Å². The largest absolute Gasteiger partial charge is 0.0801 e. The van der Waals surface area contributed by atoms with Gasteiger partial charge in [-0.15, -0.1) is 0 Å². The lowest BCUT2D eigenvalue weighted by molar-refractivity contribution is 1.28. The van der Waals surface area contributed by atoms with Crippen molar-refractivity contribution in [3.63, 3.8) is 0 Å². The Balaban J connectivity index is 2.83. The SMILES string of the molecule is CC(C)=C1C=CCC=C1. The summed E-state index contributed by atoms with van der Waals surface area (Å²) < 4.78 is 0. The van der Waals surface area contributed by atoms with E-state index in [0.717, 1.165) is 6.42 Å². The predicted molar refractivity (Wildman–Crippen MR) is 41.3 cm³/mol. The molecule has 9 heavy (non-hydrogen) atoms. The fourth-order valence-corrected chi connectivity index (χ4v) is 0.857. The van der Waals surface area contributed by atoms with E-state index in [1.807, 2.05) is 0 Å². The Labute approximate surface area is 56.6 Å². The van der Waals surface area contributed by atoms with E-state index >= 15 is 0 Å². The molecule has 0 aliphatic heterocycles. The van der Waals surface area contributed by atoms with E-state index in [4.69, 9.17) is 0 Å². The van der Waals surface area contributed by atoms with Crippen LogP contribution in [0.1, 0.15) is 20.3 Å². The molecule has 0 heteroatoms. The molecule has 48 valence electrons. The van der Waals surface area contributed by atoms with E-state index in [2.05, 4.69) is 38.2 Å². The average Bonchev–Trinajstić information content (AvgIpc) is 1.90. The predicted octanol–water partition coefficient (Wildman–Crippen LogP) is 2.84. The summed E-state index contributed by atoms with van der Waals surface area (Å²) in [7, 11) is 0. The van der Waals surface area contributed by atoms with Gasteiger partial charge in [-0.1, -0.05) is 29.9 Å². The molecule has 0 unspecified atom stereocenters. The molecule has 0 nitrogen and oxygen atoms in total. The van der Waals surface area contributed by atoms with Gasteiger partial charge in [0.1, 0.15) is 0 Å². The molecule has 0 radical (unpaired) electrons. The number of hydrogen-bond donors (Lipinski definition) is 0. The van der Waals surface area contributed by atoms with Crippen LogP contribution in [0.25, 0.3) is 0 Å². The van der Waals surface area contributed by atoms with E-state index in [1.165, 1.54) is 11.1 Å². The Morgan fingerprint density at radius 3 is 2.11 bits per heavy atom. The van der Waals surface area contributed by atoms with Crippen LogP contribution in [-0.2, 0) is 0 Å². The van der Waals surface area contributed by atoms with Crippen LogP contribution in [0.15, 0.2) is 35.5 Å². The molecule has 0 aromatic carbocycles. The highest BCUT2D eigenvalue weighted by atomic mass is 14.0. The molecule has 1 aliphatic carbocycles. The van der Waals surface area contributed by atoms with Crippen LogP contribution >= 0.6 is 0 Å². The van der Waals surface area contributed by atoms with Gasteiger partial charge in [0.25, 0.3) is 0 Å². The summed E-state index contributed by atoms with van der Waals surface area (Å²) >= 11 is 0. The Bertz CT molecular complexity index is 162. The third kappa shape index (κ3) is 1.56. The van der Waals surface area contributed by atoms with Crippen molar-refractivity contribution in [3.8, 4) is 0 Å². The lowest BCUT2D eigenvalue weighted by Crippen LogP contribution is -1.80. The molecule has 1 aliphatic rings. The zero-order valence-electron chi connectivity index (χ0n) is 6.02. The van der Waals surface area contributed by atoms with Gasteiger partial charge in [-0.25, -0.2) is 0 Å². The summed E-state index contributed by atoms with van der Waals surface area (Å²) in [6.07, 6.45) is 9.81. The van der Waals surface area contributed by atoms with Gasteiger partial charge in [-0.2, -0.15) is 0 Å². The van der Waals surface area contributed by atoms with E-state index in [-0.39, 0.29) is 0 Å². The van der Waals surface area contributed by atoms with Gasteiger partial charge in [0.05, 0.1) is 0 Å². The van der Waals surface area contributed by atoms with Crippen LogP contribution < -0.4 is 0 Å². The summed E-state index contributed by atoms with van der Waals surface area (Å²) in [6.45, 7) is 4.27. The number of rotatable bonds is 0. The van der Waals surface area contributed by atoms with Gasteiger partial charge in [-0.05, 0) is 25.8 Å². The summed E-state index contributed by atoms with van der Waals surface area (Å²) in [5.74, 6) is 0. The van der Waals surface area contributed by atoms with E-state index in [9.17, 15) is 0 Å². The summed E-state index contributed by atoms with van der Waals surface area (Å²) in [4.78, 5) is 0. The number of allylic oxidation sites excluding steroid dienone is 6. The van der Waals surface area contributed by atoms with E-state index < -0.39 is 0 Å². The molecule has 0 aromatic heterocycles. The molecule has 0 atom stereocenters. The molecule has 0 amide bonds. The maximum absolute atomic E-state index is 2.18. The molecule has 1 rings (SSSR count).